The maximum atomic E-state index is 13.3. The molecule has 0 aliphatic rings. The second kappa shape index (κ2) is 25.3. The first-order valence-electron chi connectivity index (χ1n) is 18.1. The molecule has 0 saturated heterocycles. The van der Waals surface area contributed by atoms with Gasteiger partial charge in [-0.05, 0) is 26.2 Å². The number of ether oxygens (including phenoxy) is 1. The van der Waals surface area contributed by atoms with Gasteiger partial charge in [-0.3, -0.25) is 14.3 Å². The zero-order valence-electron chi connectivity index (χ0n) is 28.8. The normalized spacial score (nSPS) is 13.8. The van der Waals surface area contributed by atoms with Crippen LogP contribution in [-0.4, -0.2) is 65.3 Å². The van der Waals surface area contributed by atoms with Crippen LogP contribution in [0.3, 0.4) is 0 Å². The minimum Gasteiger partial charge on any atom is -0.395 e. The molecule has 266 valence electrons. The van der Waals surface area contributed by atoms with Crippen LogP contribution in [0, 0.1) is 0 Å². The minimum atomic E-state index is -3.30. The molecule has 0 fully saturated rings. The van der Waals surface area contributed by atoms with Crippen LogP contribution in [-0.2, 0) is 24.9 Å². The number of aromatic amines is 2. The topological polar surface area (TPSA) is 165 Å². The number of aromatic nitrogens is 3. The van der Waals surface area contributed by atoms with E-state index in [0.29, 0.717) is 43.6 Å². The molecular formula is C34H64N5O6P. The van der Waals surface area contributed by atoms with Crippen LogP contribution < -0.4 is 16.6 Å². The monoisotopic (exact) mass is 669 g/mol. The molecule has 0 aliphatic carbocycles. The van der Waals surface area contributed by atoms with Gasteiger partial charge in [-0.15, -0.1) is 0 Å². The maximum Gasteiger partial charge on any atom is 0.330 e. The van der Waals surface area contributed by atoms with Crippen molar-refractivity contribution in [3.63, 3.8) is 0 Å². The van der Waals surface area contributed by atoms with Gasteiger partial charge in [0, 0.05) is 37.6 Å². The summed E-state index contributed by atoms with van der Waals surface area (Å²) in [5.74, 6) is 0.0393. The zero-order valence-corrected chi connectivity index (χ0v) is 29.7. The van der Waals surface area contributed by atoms with Gasteiger partial charge in [-0.1, -0.05) is 103 Å². The number of nitrogens with one attached hydrogen (secondary N) is 3. The summed E-state index contributed by atoms with van der Waals surface area (Å²) in [4.78, 5) is 21.6. The molecule has 1 unspecified atom stereocenters. The summed E-state index contributed by atoms with van der Waals surface area (Å²) in [6, 6.07) is -0.343. The molecule has 0 amide bonds. The van der Waals surface area contributed by atoms with E-state index in [-0.39, 0.29) is 36.9 Å². The summed E-state index contributed by atoms with van der Waals surface area (Å²) in [6.07, 6.45) is 24.5. The van der Waals surface area contributed by atoms with Crippen molar-refractivity contribution in [2.24, 2.45) is 0 Å². The fourth-order valence-electron chi connectivity index (χ4n) is 5.63. The molecular weight excluding hydrogens is 605 g/mol. The summed E-state index contributed by atoms with van der Waals surface area (Å²) in [7, 11) is -3.30. The number of rotatable bonds is 31. The predicted molar refractivity (Wildman–Crippen MR) is 188 cm³/mol. The van der Waals surface area contributed by atoms with Crippen molar-refractivity contribution in [3.05, 3.63) is 22.1 Å². The van der Waals surface area contributed by atoms with Crippen molar-refractivity contribution in [2.75, 3.05) is 44.9 Å². The average Bonchev–Trinajstić information content (AvgIpc) is 3.45. The molecule has 0 aliphatic heterocycles. The Morgan fingerprint density at radius 1 is 0.870 bits per heavy atom. The highest BCUT2D eigenvalue weighted by atomic mass is 31.2. The van der Waals surface area contributed by atoms with Crippen molar-refractivity contribution >= 4 is 24.6 Å². The summed E-state index contributed by atoms with van der Waals surface area (Å²) >= 11 is 0. The van der Waals surface area contributed by atoms with Crippen molar-refractivity contribution < 1.29 is 23.5 Å². The number of hydrogen-bond acceptors (Lipinski definition) is 9. The Kier molecular flexibility index (Phi) is 22.2. The predicted octanol–water partition coefficient (Wildman–Crippen LogP) is 7.59. The lowest BCUT2D eigenvalue weighted by Crippen LogP contribution is -2.33. The van der Waals surface area contributed by atoms with Crippen LogP contribution in [0.4, 0.5) is 5.95 Å². The van der Waals surface area contributed by atoms with Crippen LogP contribution in [0.5, 0.6) is 0 Å². The van der Waals surface area contributed by atoms with Gasteiger partial charge in [0.15, 0.2) is 0 Å². The molecule has 2 aromatic rings. The van der Waals surface area contributed by atoms with Crippen LogP contribution in [0.1, 0.15) is 135 Å². The van der Waals surface area contributed by atoms with E-state index in [1.54, 1.807) is 13.1 Å². The Hall–Kier alpha value is -1.75. The zero-order chi connectivity index (χ0) is 33.3. The Morgan fingerprint density at radius 3 is 2.04 bits per heavy atom. The van der Waals surface area contributed by atoms with Gasteiger partial charge in [0.1, 0.15) is 11.0 Å². The molecule has 2 aromatic heterocycles. The van der Waals surface area contributed by atoms with Crippen molar-refractivity contribution in [2.45, 2.75) is 142 Å². The summed E-state index contributed by atoms with van der Waals surface area (Å²) in [5, 5.41) is 13.1. The third-order valence-electron chi connectivity index (χ3n) is 8.37. The van der Waals surface area contributed by atoms with Crippen molar-refractivity contribution in [3.8, 4) is 0 Å². The first kappa shape index (κ1) is 40.4. The fraction of sp³-hybridized carbons (Fsp3) is 0.824. The Bertz CT molecular complexity index is 1140. The molecule has 2 rings (SSSR count). The Labute approximate surface area is 277 Å². The van der Waals surface area contributed by atoms with Crippen molar-refractivity contribution in [1.82, 2.24) is 20.3 Å². The number of fused-ring (bicyclic) bond motifs is 1. The maximum absolute atomic E-state index is 13.3. The number of nitrogen functional groups attached to an aromatic ring is 1. The molecule has 46 heavy (non-hydrogen) atoms. The Balaban J connectivity index is 1.47. The van der Waals surface area contributed by atoms with E-state index in [9.17, 15) is 14.5 Å². The average molecular weight is 670 g/mol. The van der Waals surface area contributed by atoms with Crippen LogP contribution in [0.2, 0.25) is 0 Å². The summed E-state index contributed by atoms with van der Waals surface area (Å²) < 4.78 is 30.3. The largest absolute Gasteiger partial charge is 0.395 e. The highest BCUT2D eigenvalue weighted by molar-refractivity contribution is 7.53. The number of nitrogens with zero attached hydrogens (tertiary/aromatic N) is 1. The second-order valence-corrected chi connectivity index (χ2v) is 14.6. The smallest absolute Gasteiger partial charge is 0.330 e. The number of hydrogen-bond donors (Lipinski definition) is 5. The quantitative estimate of drug-likeness (QED) is 0.0402. The highest BCUT2D eigenvalue weighted by Crippen LogP contribution is 2.49. The van der Waals surface area contributed by atoms with Gasteiger partial charge in [-0.25, -0.2) is 4.98 Å². The minimum absolute atomic E-state index is 0.0393. The van der Waals surface area contributed by atoms with E-state index in [2.05, 4.69) is 27.2 Å². The van der Waals surface area contributed by atoms with Gasteiger partial charge >= 0.3 is 7.60 Å². The van der Waals surface area contributed by atoms with E-state index in [1.807, 2.05) is 0 Å². The fourth-order valence-corrected chi connectivity index (χ4v) is 7.39. The lowest BCUT2D eigenvalue weighted by Gasteiger charge is -2.21. The van der Waals surface area contributed by atoms with Crippen LogP contribution in [0.15, 0.2) is 11.0 Å². The van der Waals surface area contributed by atoms with E-state index >= 15 is 0 Å². The Morgan fingerprint density at radius 2 is 1.46 bits per heavy atom. The third-order valence-corrected chi connectivity index (χ3v) is 10.4. The molecule has 0 bridgehead atoms. The third kappa shape index (κ3) is 17.4. The first-order chi connectivity index (χ1) is 22.4. The number of aliphatic hydroxyl groups is 1. The van der Waals surface area contributed by atoms with Gasteiger partial charge in [-0.2, -0.15) is 0 Å². The molecule has 0 radical (unpaired) electrons. The van der Waals surface area contributed by atoms with Crippen LogP contribution >= 0.6 is 7.60 Å². The van der Waals surface area contributed by atoms with E-state index in [0.717, 1.165) is 18.6 Å². The van der Waals surface area contributed by atoms with Gasteiger partial charge in [0.2, 0.25) is 5.95 Å². The van der Waals surface area contributed by atoms with Gasteiger partial charge in [0.25, 0.3) is 5.56 Å². The van der Waals surface area contributed by atoms with Crippen LogP contribution in [0.25, 0.3) is 11.0 Å². The van der Waals surface area contributed by atoms with Crippen molar-refractivity contribution in [1.29, 1.82) is 0 Å². The summed E-state index contributed by atoms with van der Waals surface area (Å²) in [6.45, 7) is 6.14. The molecule has 6 N–H and O–H groups in total. The van der Waals surface area contributed by atoms with E-state index < -0.39 is 7.60 Å². The highest BCUT2D eigenvalue weighted by Gasteiger charge is 2.25. The van der Waals surface area contributed by atoms with E-state index in [4.69, 9.17) is 19.5 Å². The van der Waals surface area contributed by atoms with E-state index in [1.165, 1.54) is 96.3 Å². The molecule has 11 nitrogen and oxygen atoms in total. The molecule has 0 saturated carbocycles. The standard InChI is InChI=1S/C34H64N5O6P/c1-3-5-6-7-8-9-10-11-12-13-14-15-16-17-18-19-22-43-23-20-24-45-46(42,44-4-2)25-21-30(28-40)36-26-29-27-37-32-31(29)38-34(35)39-33(32)41/h27,30,36-37,40H,3-26,28H2,1-2H3,(H3,35,38,39,41)/t30-,46?/m0/s1. The van der Waals surface area contributed by atoms with Gasteiger partial charge < -0.3 is 34.9 Å². The number of unbranched alkanes of at least 4 members (excludes halogenated alkanes) is 15. The second-order valence-electron chi connectivity index (χ2n) is 12.4. The molecule has 2 heterocycles. The number of nitrogens with two attached hydrogens (primary N) is 1. The molecule has 0 aromatic carbocycles. The molecule has 0 spiro atoms. The first-order valence-corrected chi connectivity index (χ1v) is 19.8. The SMILES string of the molecule is CCCCCCCCCCCCCCCCCCOCCCOP(=O)(CC[C@@H](CO)NCc1c[nH]c2c(=O)[nH]c(N)nc12)OCC. The van der Waals surface area contributed by atoms with Gasteiger partial charge in [0.05, 0.1) is 26.0 Å². The number of H-pyrrole nitrogens is 2. The lowest BCUT2D eigenvalue weighted by atomic mass is 10.0. The number of aliphatic hydroxyl groups excluding tert-OH is 1. The molecule has 12 heteroatoms. The molecule has 2 atom stereocenters. The summed E-state index contributed by atoms with van der Waals surface area (Å²) in [5.41, 5.74) is 6.91. The lowest BCUT2D eigenvalue weighted by molar-refractivity contribution is 0.111. The number of anilines is 1.